The van der Waals surface area contributed by atoms with Crippen LogP contribution < -0.4 is 11.1 Å². The monoisotopic (exact) mass is 497 g/mol. The highest BCUT2D eigenvalue weighted by atomic mass is 19.3. The first-order chi connectivity index (χ1) is 17.7. The van der Waals surface area contributed by atoms with E-state index in [1.54, 1.807) is 18.2 Å². The van der Waals surface area contributed by atoms with Crippen molar-refractivity contribution in [1.29, 1.82) is 0 Å². The van der Waals surface area contributed by atoms with E-state index in [4.69, 9.17) is 10.7 Å². The third kappa shape index (κ3) is 5.03. The van der Waals surface area contributed by atoms with Crippen LogP contribution in [0.2, 0.25) is 0 Å². The van der Waals surface area contributed by atoms with Crippen molar-refractivity contribution in [2.75, 3.05) is 5.32 Å². The number of benzene rings is 3. The van der Waals surface area contributed by atoms with Crippen molar-refractivity contribution in [3.63, 3.8) is 0 Å². The van der Waals surface area contributed by atoms with Gasteiger partial charge < -0.3 is 15.6 Å². The molecule has 1 aliphatic heterocycles. The second kappa shape index (κ2) is 9.65. The number of aromatic nitrogens is 2. The first-order valence-electron chi connectivity index (χ1n) is 12.3. The Morgan fingerprint density at radius 3 is 2.54 bits per heavy atom. The fourth-order valence-electron chi connectivity index (χ4n) is 4.59. The summed E-state index contributed by atoms with van der Waals surface area (Å²) in [5, 5.41) is 3.40. The summed E-state index contributed by atoms with van der Waals surface area (Å²) >= 11 is 0. The van der Waals surface area contributed by atoms with Crippen molar-refractivity contribution in [3.8, 4) is 0 Å². The minimum atomic E-state index is -2.96. The van der Waals surface area contributed by atoms with Crippen molar-refractivity contribution < 1.29 is 8.78 Å². The average Bonchev–Trinajstić information content (AvgIpc) is 3.50. The van der Waals surface area contributed by atoms with Gasteiger partial charge in [-0.2, -0.15) is 0 Å². The number of hydrogen-bond acceptors (Lipinski definition) is 4. The maximum atomic E-state index is 14.4. The zero-order chi connectivity index (χ0) is 26.2. The molecular weight excluding hydrogens is 468 g/mol. The summed E-state index contributed by atoms with van der Waals surface area (Å²) < 4.78 is 30.8. The molecule has 188 valence electrons. The summed E-state index contributed by atoms with van der Waals surface area (Å²) in [7, 11) is 0. The lowest BCUT2D eigenvalue weighted by atomic mass is 10.0. The van der Waals surface area contributed by atoms with Gasteiger partial charge in [0.2, 0.25) is 5.95 Å². The number of alkyl halides is 2. The lowest BCUT2D eigenvalue weighted by Crippen LogP contribution is -2.14. The molecule has 0 fully saturated rings. The average molecular weight is 498 g/mol. The van der Waals surface area contributed by atoms with E-state index in [0.29, 0.717) is 29.3 Å². The standard InChI is InChI=1S/C30H29F2N5/c1-4-20-9-12-23(13-10-20)34-29-36-27-17-21(26-15-14-25(35-26)19(2)33)11-16-28(27)37(29)18-22-7-5-6-8-24(22)30(3,31)32/h5-14,16-17H,2,4,15,18,33H2,1,3H3,(H,34,36). The molecule has 0 atom stereocenters. The Kier molecular flexibility index (Phi) is 6.38. The predicted octanol–water partition coefficient (Wildman–Crippen LogP) is 7.05. The SMILES string of the molecule is C=C(N)C1=CCC(c2ccc3c(c2)nc(Nc2ccc(CC)cc2)n3Cc2ccccc2C(C)(F)F)=N1. The van der Waals surface area contributed by atoms with Gasteiger partial charge in [0.05, 0.1) is 29.0 Å². The molecular formula is C30H29F2N5. The van der Waals surface area contributed by atoms with Crippen LogP contribution >= 0.6 is 0 Å². The number of rotatable bonds is 8. The van der Waals surface area contributed by atoms with Gasteiger partial charge in [-0.1, -0.05) is 62.0 Å². The molecule has 0 bridgehead atoms. The molecule has 3 aromatic carbocycles. The van der Waals surface area contributed by atoms with E-state index in [1.165, 1.54) is 11.6 Å². The second-order valence-corrected chi connectivity index (χ2v) is 9.32. The zero-order valence-electron chi connectivity index (χ0n) is 20.9. The third-order valence-electron chi connectivity index (χ3n) is 6.59. The first-order valence-corrected chi connectivity index (χ1v) is 12.3. The largest absolute Gasteiger partial charge is 0.397 e. The Morgan fingerprint density at radius 2 is 1.86 bits per heavy atom. The van der Waals surface area contributed by atoms with E-state index in [2.05, 4.69) is 35.9 Å². The lowest BCUT2D eigenvalue weighted by Gasteiger charge is -2.18. The van der Waals surface area contributed by atoms with Crippen molar-refractivity contribution in [2.24, 2.45) is 10.7 Å². The molecule has 1 aromatic heterocycles. The number of imidazole rings is 1. The number of aryl methyl sites for hydroxylation is 1. The maximum Gasteiger partial charge on any atom is 0.270 e. The summed E-state index contributed by atoms with van der Waals surface area (Å²) in [6, 6.07) is 20.7. The van der Waals surface area contributed by atoms with Crippen molar-refractivity contribution in [3.05, 3.63) is 113 Å². The highest BCUT2D eigenvalue weighted by Crippen LogP contribution is 2.33. The number of halogens is 2. The molecule has 5 rings (SSSR count). The van der Waals surface area contributed by atoms with Gasteiger partial charge in [-0.25, -0.2) is 13.8 Å². The van der Waals surface area contributed by atoms with Crippen LogP contribution in [0.5, 0.6) is 0 Å². The number of hydrogen-bond donors (Lipinski definition) is 2. The Morgan fingerprint density at radius 1 is 1.11 bits per heavy atom. The van der Waals surface area contributed by atoms with Crippen LogP contribution in [0, 0.1) is 0 Å². The van der Waals surface area contributed by atoms with E-state index in [0.717, 1.165) is 41.3 Å². The lowest BCUT2D eigenvalue weighted by molar-refractivity contribution is 0.0165. The van der Waals surface area contributed by atoms with Gasteiger partial charge in [0, 0.05) is 30.3 Å². The molecule has 4 aromatic rings. The number of nitrogens with one attached hydrogen (secondary N) is 1. The van der Waals surface area contributed by atoms with Gasteiger partial charge in [-0.3, -0.25) is 4.99 Å². The number of anilines is 2. The fourth-order valence-corrected chi connectivity index (χ4v) is 4.59. The van der Waals surface area contributed by atoms with Crippen molar-refractivity contribution >= 4 is 28.4 Å². The molecule has 7 heteroatoms. The number of allylic oxidation sites excluding steroid dienone is 1. The van der Waals surface area contributed by atoms with E-state index >= 15 is 0 Å². The molecule has 0 saturated heterocycles. The van der Waals surface area contributed by atoms with Crippen LogP contribution in [-0.2, 0) is 18.9 Å². The molecule has 0 aliphatic carbocycles. The van der Waals surface area contributed by atoms with E-state index in [1.807, 2.05) is 41.0 Å². The van der Waals surface area contributed by atoms with Crippen molar-refractivity contribution in [2.45, 2.75) is 39.2 Å². The molecule has 0 radical (unpaired) electrons. The molecule has 37 heavy (non-hydrogen) atoms. The summed E-state index contributed by atoms with van der Waals surface area (Å²) in [5.41, 5.74) is 13.0. The molecule has 0 unspecified atom stereocenters. The Bertz CT molecular complexity index is 1540. The maximum absolute atomic E-state index is 14.4. The topological polar surface area (TPSA) is 68.2 Å². The number of nitrogens with two attached hydrogens (primary N) is 1. The molecule has 5 nitrogen and oxygen atoms in total. The number of aliphatic imine (C=N–C) groups is 1. The fraction of sp³-hybridized carbons (Fsp3) is 0.200. The Hall–Kier alpha value is -4.26. The van der Waals surface area contributed by atoms with E-state index in [-0.39, 0.29) is 12.1 Å². The van der Waals surface area contributed by atoms with Crippen LogP contribution in [0.3, 0.4) is 0 Å². The zero-order valence-corrected chi connectivity index (χ0v) is 20.9. The third-order valence-corrected chi connectivity index (χ3v) is 6.59. The molecule has 0 amide bonds. The smallest absolute Gasteiger partial charge is 0.270 e. The van der Waals surface area contributed by atoms with Crippen LogP contribution in [0.1, 0.15) is 42.5 Å². The molecule has 3 N–H and O–H groups in total. The van der Waals surface area contributed by atoms with E-state index < -0.39 is 5.92 Å². The van der Waals surface area contributed by atoms with Gasteiger partial charge in [-0.05, 0) is 47.4 Å². The molecule has 0 saturated carbocycles. The van der Waals surface area contributed by atoms with Gasteiger partial charge in [-0.15, -0.1) is 0 Å². The van der Waals surface area contributed by atoms with Crippen LogP contribution in [0.25, 0.3) is 11.0 Å². The summed E-state index contributed by atoms with van der Waals surface area (Å²) in [4.78, 5) is 9.48. The quantitative estimate of drug-likeness (QED) is 0.274. The van der Waals surface area contributed by atoms with Crippen LogP contribution in [0.4, 0.5) is 20.4 Å². The number of fused-ring (bicyclic) bond motifs is 1. The Labute approximate surface area is 215 Å². The van der Waals surface area contributed by atoms with E-state index in [9.17, 15) is 8.78 Å². The van der Waals surface area contributed by atoms with Gasteiger partial charge in [0.1, 0.15) is 0 Å². The first kappa shape index (κ1) is 24.4. The normalized spacial score (nSPS) is 13.5. The highest BCUT2D eigenvalue weighted by Gasteiger charge is 2.27. The minimum Gasteiger partial charge on any atom is -0.397 e. The van der Waals surface area contributed by atoms with Gasteiger partial charge >= 0.3 is 0 Å². The molecule has 0 spiro atoms. The van der Waals surface area contributed by atoms with Gasteiger partial charge in [0.15, 0.2) is 0 Å². The Balaban J connectivity index is 1.58. The summed E-state index contributed by atoms with van der Waals surface area (Å²) in [5.74, 6) is -2.38. The minimum absolute atomic E-state index is 0.00708. The summed E-state index contributed by atoms with van der Waals surface area (Å²) in [6.07, 6.45) is 3.56. The predicted molar refractivity (Wildman–Crippen MR) is 147 cm³/mol. The summed E-state index contributed by atoms with van der Waals surface area (Å²) in [6.45, 7) is 7.05. The van der Waals surface area contributed by atoms with Crippen LogP contribution in [-0.4, -0.2) is 15.3 Å². The number of nitrogens with zero attached hydrogens (tertiary/aromatic N) is 3. The van der Waals surface area contributed by atoms with Crippen molar-refractivity contribution in [1.82, 2.24) is 9.55 Å². The van der Waals surface area contributed by atoms with Gasteiger partial charge in [0.25, 0.3) is 5.92 Å². The molecule has 2 heterocycles. The second-order valence-electron chi connectivity index (χ2n) is 9.32. The highest BCUT2D eigenvalue weighted by molar-refractivity contribution is 6.05. The van der Waals surface area contributed by atoms with Crippen LogP contribution in [0.15, 0.2) is 95.8 Å². The molecule has 1 aliphatic rings.